The third kappa shape index (κ3) is 3.03. The minimum atomic E-state index is -0.913. The molecule has 2 N–H and O–H groups in total. The lowest BCUT2D eigenvalue weighted by Gasteiger charge is -2.16. The molecule has 0 atom stereocenters. The molecule has 0 aliphatic rings. The molecular formula is C19H15N3O2. The standard InChI is InChI=1S/C19H15N3O2/c1-12-16(10-18(23)24)19(15-7-2-3-8-17(15)21-12)22-14-6-4-5-13(9-14)11-20/h2-9H,10H2,1H3,(H,21,22)(H,23,24). The summed E-state index contributed by atoms with van der Waals surface area (Å²) in [6.45, 7) is 1.81. The zero-order valence-corrected chi connectivity index (χ0v) is 13.1. The summed E-state index contributed by atoms with van der Waals surface area (Å²) >= 11 is 0. The minimum Gasteiger partial charge on any atom is -0.481 e. The molecule has 0 saturated carbocycles. The van der Waals surface area contributed by atoms with Crippen LogP contribution in [0.3, 0.4) is 0 Å². The van der Waals surface area contributed by atoms with Crippen molar-refractivity contribution in [3.8, 4) is 6.07 Å². The molecule has 1 aromatic heterocycles. The maximum absolute atomic E-state index is 11.3. The number of aliphatic carboxylic acids is 1. The molecule has 0 aliphatic heterocycles. The second-order valence-corrected chi connectivity index (χ2v) is 5.46. The van der Waals surface area contributed by atoms with Crippen LogP contribution in [-0.4, -0.2) is 16.1 Å². The molecule has 1 heterocycles. The van der Waals surface area contributed by atoms with Crippen molar-refractivity contribution in [3.63, 3.8) is 0 Å². The second kappa shape index (κ2) is 6.39. The van der Waals surface area contributed by atoms with Gasteiger partial charge in [0.05, 0.1) is 29.3 Å². The van der Waals surface area contributed by atoms with E-state index in [0.717, 1.165) is 22.3 Å². The Kier molecular flexibility index (Phi) is 4.13. The van der Waals surface area contributed by atoms with Crippen LogP contribution in [0.1, 0.15) is 16.8 Å². The fraction of sp³-hybridized carbons (Fsp3) is 0.105. The second-order valence-electron chi connectivity index (χ2n) is 5.46. The molecule has 5 heteroatoms. The molecule has 0 radical (unpaired) electrons. The number of nitrogens with zero attached hydrogens (tertiary/aromatic N) is 2. The summed E-state index contributed by atoms with van der Waals surface area (Å²) in [5.74, 6) is -0.913. The molecule has 0 aliphatic carbocycles. The molecule has 0 fully saturated rings. The van der Waals surface area contributed by atoms with E-state index in [1.54, 1.807) is 18.2 Å². The van der Waals surface area contributed by atoms with Crippen molar-refractivity contribution in [2.45, 2.75) is 13.3 Å². The first-order chi connectivity index (χ1) is 11.6. The van der Waals surface area contributed by atoms with E-state index in [9.17, 15) is 9.90 Å². The average molecular weight is 317 g/mol. The molecule has 24 heavy (non-hydrogen) atoms. The van der Waals surface area contributed by atoms with E-state index in [1.807, 2.05) is 37.3 Å². The molecule has 3 rings (SSSR count). The number of anilines is 2. The van der Waals surface area contributed by atoms with Gasteiger partial charge in [-0.2, -0.15) is 5.26 Å². The van der Waals surface area contributed by atoms with Crippen LogP contribution in [0.25, 0.3) is 10.9 Å². The number of para-hydroxylation sites is 1. The number of carboxylic acids is 1. The number of pyridine rings is 1. The lowest BCUT2D eigenvalue weighted by atomic mass is 10.0. The third-order valence-corrected chi connectivity index (χ3v) is 3.79. The molecule has 118 valence electrons. The molecule has 0 unspecified atom stereocenters. The Morgan fingerprint density at radius 3 is 2.79 bits per heavy atom. The smallest absolute Gasteiger partial charge is 0.307 e. The van der Waals surface area contributed by atoms with Gasteiger partial charge in [0.1, 0.15) is 0 Å². The van der Waals surface area contributed by atoms with Crippen LogP contribution >= 0.6 is 0 Å². The van der Waals surface area contributed by atoms with Crippen molar-refractivity contribution in [2.24, 2.45) is 0 Å². The van der Waals surface area contributed by atoms with Gasteiger partial charge >= 0.3 is 5.97 Å². The molecule has 2 aromatic carbocycles. The van der Waals surface area contributed by atoms with E-state index in [2.05, 4.69) is 16.4 Å². The first-order valence-corrected chi connectivity index (χ1v) is 7.45. The van der Waals surface area contributed by atoms with Gasteiger partial charge in [0.25, 0.3) is 0 Å². The maximum atomic E-state index is 11.3. The van der Waals surface area contributed by atoms with Crippen LogP contribution in [0.2, 0.25) is 0 Å². The van der Waals surface area contributed by atoms with E-state index in [4.69, 9.17) is 5.26 Å². The number of carboxylic acid groups (broad SMARTS) is 1. The predicted octanol–water partition coefficient (Wildman–Crippen LogP) is 3.79. The summed E-state index contributed by atoms with van der Waals surface area (Å²) in [5.41, 5.74) is 4.10. The lowest BCUT2D eigenvalue weighted by Crippen LogP contribution is -2.08. The Morgan fingerprint density at radius 1 is 1.25 bits per heavy atom. The van der Waals surface area contributed by atoms with Gasteiger partial charge in [-0.1, -0.05) is 24.3 Å². The first-order valence-electron chi connectivity index (χ1n) is 7.45. The number of benzene rings is 2. The highest BCUT2D eigenvalue weighted by Gasteiger charge is 2.15. The zero-order chi connectivity index (χ0) is 17.1. The van der Waals surface area contributed by atoms with Gasteiger partial charge in [-0.25, -0.2) is 0 Å². The number of carbonyl (C=O) groups is 1. The number of hydrogen-bond donors (Lipinski definition) is 2. The van der Waals surface area contributed by atoms with Gasteiger partial charge in [-0.15, -0.1) is 0 Å². The van der Waals surface area contributed by atoms with Gasteiger partial charge in [-0.3, -0.25) is 9.78 Å². The number of rotatable bonds is 4. The molecule has 0 bridgehead atoms. The monoisotopic (exact) mass is 317 g/mol. The topological polar surface area (TPSA) is 86.0 Å². The van der Waals surface area contributed by atoms with Crippen molar-refractivity contribution in [1.29, 1.82) is 5.26 Å². The van der Waals surface area contributed by atoms with Crippen LogP contribution in [-0.2, 0) is 11.2 Å². The van der Waals surface area contributed by atoms with Crippen LogP contribution in [0.5, 0.6) is 0 Å². The summed E-state index contributed by atoms with van der Waals surface area (Å²) < 4.78 is 0. The van der Waals surface area contributed by atoms with Crippen molar-refractivity contribution in [2.75, 3.05) is 5.32 Å². The van der Waals surface area contributed by atoms with Crippen LogP contribution < -0.4 is 5.32 Å². The van der Waals surface area contributed by atoms with Crippen molar-refractivity contribution >= 4 is 28.2 Å². The SMILES string of the molecule is Cc1nc2ccccc2c(Nc2cccc(C#N)c2)c1CC(=O)O. The zero-order valence-electron chi connectivity index (χ0n) is 13.1. The molecule has 3 aromatic rings. The molecule has 0 saturated heterocycles. The number of hydrogen-bond acceptors (Lipinski definition) is 4. The third-order valence-electron chi connectivity index (χ3n) is 3.79. The fourth-order valence-electron chi connectivity index (χ4n) is 2.70. The quantitative estimate of drug-likeness (QED) is 0.764. The molecule has 5 nitrogen and oxygen atoms in total. The lowest BCUT2D eigenvalue weighted by molar-refractivity contribution is -0.136. The molecule has 0 amide bonds. The number of aryl methyl sites for hydroxylation is 1. The summed E-state index contributed by atoms with van der Waals surface area (Å²) in [4.78, 5) is 15.8. The van der Waals surface area contributed by atoms with Gasteiger partial charge in [-0.05, 0) is 31.2 Å². The average Bonchev–Trinajstić information content (AvgIpc) is 2.58. The highest BCUT2D eigenvalue weighted by Crippen LogP contribution is 2.31. The van der Waals surface area contributed by atoms with E-state index in [-0.39, 0.29) is 6.42 Å². The number of aromatic nitrogens is 1. The van der Waals surface area contributed by atoms with Crippen LogP contribution in [0.4, 0.5) is 11.4 Å². The van der Waals surface area contributed by atoms with E-state index in [1.165, 1.54) is 0 Å². The largest absolute Gasteiger partial charge is 0.481 e. The van der Waals surface area contributed by atoms with E-state index < -0.39 is 5.97 Å². The minimum absolute atomic E-state index is 0.121. The highest BCUT2D eigenvalue weighted by atomic mass is 16.4. The first kappa shape index (κ1) is 15.5. The van der Waals surface area contributed by atoms with Gasteiger partial charge < -0.3 is 10.4 Å². The summed E-state index contributed by atoms with van der Waals surface area (Å²) in [6.07, 6.45) is -0.121. The Hall–Kier alpha value is -3.39. The Labute approximate surface area is 139 Å². The molecule has 0 spiro atoms. The number of nitrogens with one attached hydrogen (secondary N) is 1. The van der Waals surface area contributed by atoms with Crippen molar-refractivity contribution < 1.29 is 9.90 Å². The van der Waals surface area contributed by atoms with Crippen LogP contribution in [0, 0.1) is 18.3 Å². The molecular weight excluding hydrogens is 302 g/mol. The number of nitriles is 1. The Morgan fingerprint density at radius 2 is 2.04 bits per heavy atom. The summed E-state index contributed by atoms with van der Waals surface area (Å²) in [5, 5.41) is 22.4. The number of fused-ring (bicyclic) bond motifs is 1. The van der Waals surface area contributed by atoms with Crippen molar-refractivity contribution in [1.82, 2.24) is 4.98 Å². The maximum Gasteiger partial charge on any atom is 0.307 e. The highest BCUT2D eigenvalue weighted by molar-refractivity contribution is 5.96. The van der Waals surface area contributed by atoms with Gasteiger partial charge in [0, 0.05) is 22.3 Å². The predicted molar refractivity (Wildman–Crippen MR) is 92.3 cm³/mol. The van der Waals surface area contributed by atoms with Crippen LogP contribution in [0.15, 0.2) is 48.5 Å². The van der Waals surface area contributed by atoms with E-state index in [0.29, 0.717) is 16.8 Å². The van der Waals surface area contributed by atoms with Gasteiger partial charge in [0.2, 0.25) is 0 Å². The fourth-order valence-corrected chi connectivity index (χ4v) is 2.70. The normalized spacial score (nSPS) is 10.3. The Balaban J connectivity index is 2.19. The van der Waals surface area contributed by atoms with Crippen molar-refractivity contribution in [3.05, 3.63) is 65.4 Å². The van der Waals surface area contributed by atoms with E-state index >= 15 is 0 Å². The Bertz CT molecular complexity index is 974. The summed E-state index contributed by atoms with van der Waals surface area (Å²) in [7, 11) is 0. The van der Waals surface area contributed by atoms with Gasteiger partial charge in [0.15, 0.2) is 0 Å². The summed E-state index contributed by atoms with van der Waals surface area (Å²) in [6, 6.07) is 16.8.